The maximum absolute atomic E-state index is 3.87. The Kier molecular flexibility index (Phi) is 4.94. The third-order valence-corrected chi connectivity index (χ3v) is 5.40. The summed E-state index contributed by atoms with van der Waals surface area (Å²) in [5.74, 6) is 1.77. The molecule has 0 aromatic rings. The predicted octanol–water partition coefficient (Wildman–Crippen LogP) is 3.66. The largest absolute Gasteiger partial charge is 0.308 e. The molecule has 1 aliphatic heterocycles. The molecule has 0 aromatic carbocycles. The van der Waals surface area contributed by atoms with Crippen LogP contribution in [0.4, 0.5) is 0 Å². The van der Waals surface area contributed by atoms with Crippen molar-refractivity contribution in [3.05, 3.63) is 0 Å². The summed E-state index contributed by atoms with van der Waals surface area (Å²) in [6.45, 7) is 14.4. The summed E-state index contributed by atoms with van der Waals surface area (Å²) >= 11 is 0. The van der Waals surface area contributed by atoms with Gasteiger partial charge >= 0.3 is 0 Å². The van der Waals surface area contributed by atoms with E-state index in [4.69, 9.17) is 0 Å². The van der Waals surface area contributed by atoms with Crippen molar-refractivity contribution in [3.63, 3.8) is 0 Å². The van der Waals surface area contributed by atoms with Crippen molar-refractivity contribution in [1.82, 2.24) is 10.2 Å². The van der Waals surface area contributed by atoms with Gasteiger partial charge in [-0.3, -0.25) is 4.90 Å². The van der Waals surface area contributed by atoms with Gasteiger partial charge in [0.25, 0.3) is 0 Å². The standard InChI is InChI=1S/C17H34N2/c1-6-16-11-18-17(5,15-9-10-15)12-19(16)14(4)8-7-13(2)3/h13-16,18H,6-12H2,1-5H3. The molecule has 0 radical (unpaired) electrons. The van der Waals surface area contributed by atoms with Crippen LogP contribution in [0, 0.1) is 11.8 Å². The van der Waals surface area contributed by atoms with Gasteiger partial charge in [-0.15, -0.1) is 0 Å². The molecule has 19 heavy (non-hydrogen) atoms. The summed E-state index contributed by atoms with van der Waals surface area (Å²) in [6, 6.07) is 1.49. The first-order chi connectivity index (χ1) is 8.96. The number of hydrogen-bond donors (Lipinski definition) is 1. The minimum atomic E-state index is 0.387. The molecule has 1 N–H and O–H groups in total. The zero-order chi connectivity index (χ0) is 14.0. The third-order valence-electron chi connectivity index (χ3n) is 5.40. The fourth-order valence-electron chi connectivity index (χ4n) is 3.66. The Morgan fingerprint density at radius 2 is 1.89 bits per heavy atom. The van der Waals surface area contributed by atoms with E-state index >= 15 is 0 Å². The number of nitrogens with one attached hydrogen (secondary N) is 1. The lowest BCUT2D eigenvalue weighted by molar-refractivity contribution is 0.0378. The second-order valence-electron chi connectivity index (χ2n) is 7.63. The van der Waals surface area contributed by atoms with Crippen LogP contribution >= 0.6 is 0 Å². The average Bonchev–Trinajstić information content (AvgIpc) is 3.20. The molecule has 2 nitrogen and oxygen atoms in total. The van der Waals surface area contributed by atoms with Gasteiger partial charge in [-0.2, -0.15) is 0 Å². The monoisotopic (exact) mass is 266 g/mol. The van der Waals surface area contributed by atoms with Crippen molar-refractivity contribution >= 4 is 0 Å². The zero-order valence-corrected chi connectivity index (χ0v) is 13.7. The lowest BCUT2D eigenvalue weighted by Crippen LogP contribution is -2.65. The van der Waals surface area contributed by atoms with E-state index in [-0.39, 0.29) is 0 Å². The topological polar surface area (TPSA) is 15.3 Å². The lowest BCUT2D eigenvalue weighted by Gasteiger charge is -2.49. The predicted molar refractivity (Wildman–Crippen MR) is 83.5 cm³/mol. The molecule has 2 aliphatic rings. The van der Waals surface area contributed by atoms with E-state index in [1.807, 2.05) is 0 Å². The van der Waals surface area contributed by atoms with Crippen molar-refractivity contribution in [2.75, 3.05) is 13.1 Å². The molecule has 0 amide bonds. The van der Waals surface area contributed by atoms with E-state index in [0.717, 1.165) is 23.9 Å². The molecule has 2 heteroatoms. The molecule has 2 fully saturated rings. The Bertz CT molecular complexity index is 285. The molecule has 0 aromatic heterocycles. The molecule has 0 bridgehead atoms. The van der Waals surface area contributed by atoms with E-state index in [9.17, 15) is 0 Å². The zero-order valence-electron chi connectivity index (χ0n) is 13.7. The number of nitrogens with zero attached hydrogens (tertiary/aromatic N) is 1. The first-order valence-corrected chi connectivity index (χ1v) is 8.47. The summed E-state index contributed by atoms with van der Waals surface area (Å²) in [5, 5.41) is 3.87. The van der Waals surface area contributed by atoms with Crippen LogP contribution in [-0.2, 0) is 0 Å². The Balaban J connectivity index is 1.96. The second-order valence-corrected chi connectivity index (χ2v) is 7.63. The molecule has 2 rings (SSSR count). The van der Waals surface area contributed by atoms with Gasteiger partial charge in [-0.25, -0.2) is 0 Å². The van der Waals surface area contributed by atoms with Gasteiger partial charge in [-0.05, 0) is 57.8 Å². The molecule has 1 aliphatic carbocycles. The summed E-state index contributed by atoms with van der Waals surface area (Å²) in [5.41, 5.74) is 0.387. The smallest absolute Gasteiger partial charge is 0.0309 e. The van der Waals surface area contributed by atoms with Gasteiger partial charge in [0.05, 0.1) is 0 Å². The summed E-state index contributed by atoms with van der Waals surface area (Å²) in [7, 11) is 0. The molecule has 1 heterocycles. The quantitative estimate of drug-likeness (QED) is 0.789. The fourth-order valence-corrected chi connectivity index (χ4v) is 3.66. The van der Waals surface area contributed by atoms with Crippen LogP contribution in [0.1, 0.15) is 66.7 Å². The van der Waals surface area contributed by atoms with Crippen molar-refractivity contribution in [2.24, 2.45) is 11.8 Å². The van der Waals surface area contributed by atoms with Crippen LogP contribution in [0.3, 0.4) is 0 Å². The Morgan fingerprint density at radius 3 is 2.42 bits per heavy atom. The van der Waals surface area contributed by atoms with Gasteiger partial charge in [0, 0.05) is 30.7 Å². The van der Waals surface area contributed by atoms with Gasteiger partial charge in [0.2, 0.25) is 0 Å². The lowest BCUT2D eigenvalue weighted by atomic mass is 9.88. The van der Waals surface area contributed by atoms with Gasteiger partial charge < -0.3 is 5.32 Å². The van der Waals surface area contributed by atoms with Crippen LogP contribution in [0.2, 0.25) is 0 Å². The average molecular weight is 266 g/mol. The highest BCUT2D eigenvalue weighted by Crippen LogP contribution is 2.42. The van der Waals surface area contributed by atoms with E-state index in [1.165, 1.54) is 45.2 Å². The first-order valence-electron chi connectivity index (χ1n) is 8.47. The van der Waals surface area contributed by atoms with Crippen molar-refractivity contribution < 1.29 is 0 Å². The van der Waals surface area contributed by atoms with E-state index < -0.39 is 0 Å². The highest BCUT2D eigenvalue weighted by Gasteiger charge is 2.46. The summed E-state index contributed by atoms with van der Waals surface area (Å²) in [4.78, 5) is 2.82. The molecular formula is C17H34N2. The first kappa shape index (κ1) is 15.3. The van der Waals surface area contributed by atoms with Gasteiger partial charge in [-0.1, -0.05) is 20.8 Å². The summed E-state index contributed by atoms with van der Waals surface area (Å²) in [6.07, 6.45) is 6.87. The molecule has 3 unspecified atom stereocenters. The normalized spacial score (nSPS) is 34.7. The highest BCUT2D eigenvalue weighted by molar-refractivity contribution is 5.04. The minimum absolute atomic E-state index is 0.387. The van der Waals surface area contributed by atoms with Crippen LogP contribution in [0.25, 0.3) is 0 Å². The van der Waals surface area contributed by atoms with E-state index in [0.29, 0.717) is 5.54 Å². The summed E-state index contributed by atoms with van der Waals surface area (Å²) < 4.78 is 0. The van der Waals surface area contributed by atoms with E-state index in [1.54, 1.807) is 0 Å². The molecule has 1 saturated carbocycles. The molecule has 3 atom stereocenters. The maximum atomic E-state index is 3.87. The second kappa shape index (κ2) is 6.13. The Hall–Kier alpha value is -0.0800. The number of rotatable bonds is 6. The van der Waals surface area contributed by atoms with Crippen LogP contribution in [0.15, 0.2) is 0 Å². The van der Waals surface area contributed by atoms with Crippen molar-refractivity contribution in [3.8, 4) is 0 Å². The Labute approximate surface area is 120 Å². The highest BCUT2D eigenvalue weighted by atomic mass is 15.3. The van der Waals surface area contributed by atoms with Crippen LogP contribution in [0.5, 0.6) is 0 Å². The molecule has 0 spiro atoms. The molecular weight excluding hydrogens is 232 g/mol. The number of piperazine rings is 1. The van der Waals surface area contributed by atoms with Crippen molar-refractivity contribution in [2.45, 2.75) is 84.3 Å². The van der Waals surface area contributed by atoms with Crippen LogP contribution < -0.4 is 5.32 Å². The Morgan fingerprint density at radius 1 is 1.21 bits per heavy atom. The third kappa shape index (κ3) is 3.72. The van der Waals surface area contributed by atoms with Gasteiger partial charge in [0.1, 0.15) is 0 Å². The molecule has 1 saturated heterocycles. The van der Waals surface area contributed by atoms with Gasteiger partial charge in [0.15, 0.2) is 0 Å². The van der Waals surface area contributed by atoms with E-state index in [2.05, 4.69) is 44.8 Å². The van der Waals surface area contributed by atoms with Crippen LogP contribution in [-0.4, -0.2) is 35.6 Å². The SMILES string of the molecule is CCC1CNC(C)(C2CC2)CN1C(C)CCC(C)C. The fraction of sp³-hybridized carbons (Fsp3) is 1.00. The number of hydrogen-bond acceptors (Lipinski definition) is 2. The minimum Gasteiger partial charge on any atom is -0.308 e. The maximum Gasteiger partial charge on any atom is 0.0309 e. The molecule has 112 valence electrons. The van der Waals surface area contributed by atoms with Crippen molar-refractivity contribution in [1.29, 1.82) is 0 Å².